The molecular formula is C21H33N5O. The molecule has 0 aromatic carbocycles. The highest BCUT2D eigenvalue weighted by molar-refractivity contribution is 5.77. The first-order chi connectivity index (χ1) is 13.0. The van der Waals surface area contributed by atoms with E-state index in [1.165, 1.54) is 0 Å². The Kier molecular flexibility index (Phi) is 5.10. The first kappa shape index (κ1) is 18.7. The summed E-state index contributed by atoms with van der Waals surface area (Å²) < 4.78 is 0. The lowest BCUT2D eigenvalue weighted by Gasteiger charge is -2.49. The molecule has 1 spiro atoms. The molecule has 3 saturated heterocycles. The quantitative estimate of drug-likeness (QED) is 0.816. The van der Waals surface area contributed by atoms with E-state index in [1.807, 2.05) is 6.92 Å². The molecule has 4 rings (SSSR count). The van der Waals surface area contributed by atoms with Crippen LogP contribution in [-0.4, -0.2) is 71.5 Å². The molecule has 1 atom stereocenters. The number of piperidine rings is 2. The number of nitrogens with zero attached hydrogens (tertiary/aromatic N) is 5. The third-order valence-corrected chi connectivity index (χ3v) is 6.89. The third kappa shape index (κ3) is 3.82. The second kappa shape index (κ2) is 7.38. The largest absolute Gasteiger partial charge is 0.356 e. The Morgan fingerprint density at radius 3 is 2.63 bits per heavy atom. The smallest absolute Gasteiger partial charge is 0.222 e. The molecule has 148 valence electrons. The molecule has 27 heavy (non-hydrogen) atoms. The maximum atomic E-state index is 12.6. The molecule has 6 nitrogen and oxygen atoms in total. The molecule has 6 heteroatoms. The summed E-state index contributed by atoms with van der Waals surface area (Å²) in [5.74, 6) is 2.32. The van der Waals surface area contributed by atoms with E-state index in [0.29, 0.717) is 17.4 Å². The Morgan fingerprint density at radius 1 is 1.19 bits per heavy atom. The number of amides is 1. The predicted molar refractivity (Wildman–Crippen MR) is 107 cm³/mol. The van der Waals surface area contributed by atoms with E-state index >= 15 is 0 Å². The van der Waals surface area contributed by atoms with Gasteiger partial charge in [-0.25, -0.2) is 9.97 Å². The zero-order valence-corrected chi connectivity index (χ0v) is 17.1. The van der Waals surface area contributed by atoms with Gasteiger partial charge in [-0.1, -0.05) is 6.92 Å². The van der Waals surface area contributed by atoms with Gasteiger partial charge in [0.15, 0.2) is 0 Å². The summed E-state index contributed by atoms with van der Waals surface area (Å²) >= 11 is 0. The number of likely N-dealkylation sites (N-methyl/N-ethyl adjacent to an activating group) is 1. The standard InChI is InChI=1S/C21H33N5O/c1-4-17-13-19(23-16(2)22-17)25-11-8-21(9-12-25)7-5-20(27)26(15-21)18-6-10-24(3)14-18/h13,18H,4-12,14-15H2,1-3H3/t18-/m0/s1. The number of aryl methyl sites for hydroxylation is 2. The van der Waals surface area contributed by atoms with Crippen LogP contribution in [0.15, 0.2) is 6.07 Å². The molecule has 4 heterocycles. The Hall–Kier alpha value is -1.69. The minimum atomic E-state index is 0.307. The van der Waals surface area contributed by atoms with Crippen molar-refractivity contribution in [2.75, 3.05) is 44.7 Å². The van der Waals surface area contributed by atoms with Crippen molar-refractivity contribution in [2.45, 2.75) is 58.4 Å². The van der Waals surface area contributed by atoms with Gasteiger partial charge in [0, 0.05) is 50.4 Å². The highest BCUT2D eigenvalue weighted by Gasteiger charge is 2.43. The van der Waals surface area contributed by atoms with Gasteiger partial charge in [0.1, 0.15) is 11.6 Å². The van der Waals surface area contributed by atoms with Crippen molar-refractivity contribution in [3.63, 3.8) is 0 Å². The van der Waals surface area contributed by atoms with E-state index in [-0.39, 0.29) is 0 Å². The average molecular weight is 372 g/mol. The van der Waals surface area contributed by atoms with E-state index in [2.05, 4.69) is 44.7 Å². The predicted octanol–water partition coefficient (Wildman–Crippen LogP) is 2.26. The molecule has 0 bridgehead atoms. The highest BCUT2D eigenvalue weighted by atomic mass is 16.2. The molecule has 3 aliphatic heterocycles. The molecule has 0 N–H and O–H groups in total. The van der Waals surface area contributed by atoms with Crippen LogP contribution in [0.5, 0.6) is 0 Å². The Labute approximate surface area is 162 Å². The van der Waals surface area contributed by atoms with Crippen molar-refractivity contribution in [1.29, 1.82) is 0 Å². The van der Waals surface area contributed by atoms with E-state index < -0.39 is 0 Å². The van der Waals surface area contributed by atoms with Crippen LogP contribution >= 0.6 is 0 Å². The second-order valence-electron chi connectivity index (χ2n) is 8.83. The van der Waals surface area contributed by atoms with Crippen molar-refractivity contribution in [3.05, 3.63) is 17.6 Å². The van der Waals surface area contributed by atoms with Crippen molar-refractivity contribution in [1.82, 2.24) is 19.8 Å². The molecule has 0 unspecified atom stereocenters. The number of carbonyl (C=O) groups is 1. The fourth-order valence-corrected chi connectivity index (χ4v) is 5.12. The van der Waals surface area contributed by atoms with E-state index in [1.54, 1.807) is 0 Å². The number of rotatable bonds is 3. The maximum Gasteiger partial charge on any atom is 0.222 e. The van der Waals surface area contributed by atoms with Gasteiger partial charge in [-0.2, -0.15) is 0 Å². The topological polar surface area (TPSA) is 52.6 Å². The molecule has 0 radical (unpaired) electrons. The van der Waals surface area contributed by atoms with E-state index in [0.717, 1.165) is 88.6 Å². The Balaban J connectivity index is 1.43. The number of likely N-dealkylation sites (tertiary alicyclic amines) is 2. The molecule has 1 amide bonds. The normalized spacial score (nSPS) is 26.2. The van der Waals surface area contributed by atoms with Crippen LogP contribution in [-0.2, 0) is 11.2 Å². The Bertz CT molecular complexity index is 698. The lowest BCUT2D eigenvalue weighted by molar-refractivity contribution is -0.141. The summed E-state index contributed by atoms with van der Waals surface area (Å²) in [6.45, 7) is 9.30. The molecule has 1 aromatic rings. The average Bonchev–Trinajstić information content (AvgIpc) is 3.10. The first-order valence-electron chi connectivity index (χ1n) is 10.6. The monoisotopic (exact) mass is 371 g/mol. The SMILES string of the molecule is CCc1cc(N2CCC3(CCC(=O)N([C@H]4CCN(C)C4)C3)CC2)nc(C)n1. The molecule has 1 aromatic heterocycles. The van der Waals surface area contributed by atoms with Gasteiger partial charge < -0.3 is 14.7 Å². The van der Waals surface area contributed by atoms with E-state index in [9.17, 15) is 4.79 Å². The van der Waals surface area contributed by atoms with Crippen LogP contribution in [0.2, 0.25) is 0 Å². The maximum absolute atomic E-state index is 12.6. The van der Waals surface area contributed by atoms with Gasteiger partial charge in [-0.3, -0.25) is 4.79 Å². The van der Waals surface area contributed by atoms with Gasteiger partial charge in [-0.05, 0) is 58.0 Å². The van der Waals surface area contributed by atoms with Crippen LogP contribution < -0.4 is 4.90 Å². The molecule has 0 saturated carbocycles. The van der Waals surface area contributed by atoms with Crippen LogP contribution in [0.3, 0.4) is 0 Å². The summed E-state index contributed by atoms with van der Waals surface area (Å²) in [5, 5.41) is 0. The van der Waals surface area contributed by atoms with Crippen LogP contribution in [0, 0.1) is 12.3 Å². The number of hydrogen-bond donors (Lipinski definition) is 0. The molecule has 3 aliphatic rings. The van der Waals surface area contributed by atoms with Gasteiger partial charge in [0.2, 0.25) is 5.91 Å². The van der Waals surface area contributed by atoms with Gasteiger partial charge >= 0.3 is 0 Å². The lowest BCUT2D eigenvalue weighted by Crippen LogP contribution is -2.55. The highest BCUT2D eigenvalue weighted by Crippen LogP contribution is 2.42. The summed E-state index contributed by atoms with van der Waals surface area (Å²) in [5.41, 5.74) is 1.43. The summed E-state index contributed by atoms with van der Waals surface area (Å²) in [6.07, 6.45) is 6.17. The number of anilines is 1. The van der Waals surface area contributed by atoms with Crippen molar-refractivity contribution < 1.29 is 4.79 Å². The minimum Gasteiger partial charge on any atom is -0.356 e. The van der Waals surface area contributed by atoms with Crippen molar-refractivity contribution in [2.24, 2.45) is 5.41 Å². The van der Waals surface area contributed by atoms with Crippen LogP contribution in [0.4, 0.5) is 5.82 Å². The van der Waals surface area contributed by atoms with Crippen LogP contribution in [0.25, 0.3) is 0 Å². The third-order valence-electron chi connectivity index (χ3n) is 6.89. The lowest BCUT2D eigenvalue weighted by atomic mass is 9.72. The molecule has 0 aliphatic carbocycles. The summed E-state index contributed by atoms with van der Waals surface area (Å²) in [6, 6.07) is 2.57. The number of carbonyl (C=O) groups excluding carboxylic acids is 1. The zero-order chi connectivity index (χ0) is 19.0. The zero-order valence-electron chi connectivity index (χ0n) is 17.1. The number of hydrogen-bond acceptors (Lipinski definition) is 5. The fourth-order valence-electron chi connectivity index (χ4n) is 5.12. The van der Waals surface area contributed by atoms with Crippen molar-refractivity contribution in [3.8, 4) is 0 Å². The Morgan fingerprint density at radius 2 is 1.96 bits per heavy atom. The minimum absolute atomic E-state index is 0.307. The molecular weight excluding hydrogens is 338 g/mol. The first-order valence-corrected chi connectivity index (χ1v) is 10.6. The summed E-state index contributed by atoms with van der Waals surface area (Å²) in [7, 11) is 2.16. The number of aromatic nitrogens is 2. The van der Waals surface area contributed by atoms with Crippen LogP contribution in [0.1, 0.15) is 50.5 Å². The van der Waals surface area contributed by atoms with Crippen molar-refractivity contribution >= 4 is 11.7 Å². The summed E-state index contributed by atoms with van der Waals surface area (Å²) in [4.78, 5) is 28.8. The van der Waals surface area contributed by atoms with Gasteiger partial charge in [0.25, 0.3) is 0 Å². The molecule has 3 fully saturated rings. The van der Waals surface area contributed by atoms with Gasteiger partial charge in [0.05, 0.1) is 0 Å². The second-order valence-corrected chi connectivity index (χ2v) is 8.83. The fraction of sp³-hybridized carbons (Fsp3) is 0.762. The van der Waals surface area contributed by atoms with E-state index in [4.69, 9.17) is 0 Å². The van der Waals surface area contributed by atoms with Gasteiger partial charge in [-0.15, -0.1) is 0 Å².